The highest BCUT2D eigenvalue weighted by atomic mass is 32.1. The lowest BCUT2D eigenvalue weighted by molar-refractivity contribution is 0.527. The fraction of sp³-hybridized carbons (Fsp3) is 0.500. The highest BCUT2D eigenvalue weighted by Crippen LogP contribution is 2.24. The van der Waals surface area contributed by atoms with Crippen molar-refractivity contribution in [2.24, 2.45) is 0 Å². The largest absolute Gasteiger partial charge is 0.360 e. The molecule has 0 amide bonds. The van der Waals surface area contributed by atoms with E-state index in [4.69, 9.17) is 0 Å². The van der Waals surface area contributed by atoms with Crippen LogP contribution >= 0.6 is 11.3 Å². The number of rotatable bonds is 4. The van der Waals surface area contributed by atoms with Gasteiger partial charge in [0.05, 0.1) is 6.04 Å². The summed E-state index contributed by atoms with van der Waals surface area (Å²) in [6.45, 7) is 10.6. The molecule has 1 atom stereocenters. The number of thiazole rings is 1. The van der Waals surface area contributed by atoms with Crippen LogP contribution in [0.2, 0.25) is 0 Å². The average molecular weight is 330 g/mol. The maximum Gasteiger partial charge on any atom is 0.178 e. The van der Waals surface area contributed by atoms with Crippen LogP contribution < -0.4 is 5.32 Å². The number of anilines is 1. The summed E-state index contributed by atoms with van der Waals surface area (Å²) >= 11 is 1.74. The molecule has 122 valence electrons. The molecule has 3 rings (SSSR count). The molecule has 0 bridgehead atoms. The van der Waals surface area contributed by atoms with Crippen LogP contribution in [0.3, 0.4) is 0 Å². The molecule has 0 aliphatic carbocycles. The third-order valence-electron chi connectivity index (χ3n) is 3.59. The van der Waals surface area contributed by atoms with Crippen LogP contribution in [-0.2, 0) is 11.8 Å². The fourth-order valence-corrected chi connectivity index (χ4v) is 3.16. The molecule has 1 N–H and O–H groups in total. The number of aromatic nitrogens is 5. The van der Waals surface area contributed by atoms with E-state index in [1.807, 2.05) is 22.8 Å². The predicted octanol–water partition coefficient (Wildman–Crippen LogP) is 3.61. The van der Waals surface area contributed by atoms with Crippen molar-refractivity contribution >= 4 is 22.8 Å². The zero-order valence-corrected chi connectivity index (χ0v) is 15.0. The van der Waals surface area contributed by atoms with Gasteiger partial charge < -0.3 is 5.32 Å². The standard InChI is InChI=1S/C16H22N6S/c1-6-11-9-17-14(23-11)10(2)18-12-7-8-13-19-20-15(16(3,4)5)22(13)21-12/h7-10H,6H2,1-5H3,(H,18,21). The molecular formula is C16H22N6S. The highest BCUT2D eigenvalue weighted by molar-refractivity contribution is 7.11. The Labute approximate surface area is 140 Å². The number of nitrogens with one attached hydrogen (secondary N) is 1. The Morgan fingerprint density at radius 2 is 2.04 bits per heavy atom. The maximum absolute atomic E-state index is 4.65. The van der Waals surface area contributed by atoms with Crippen molar-refractivity contribution in [2.45, 2.75) is 52.5 Å². The molecule has 23 heavy (non-hydrogen) atoms. The predicted molar refractivity (Wildman–Crippen MR) is 93.0 cm³/mol. The maximum atomic E-state index is 4.65. The van der Waals surface area contributed by atoms with Crippen molar-refractivity contribution in [3.8, 4) is 0 Å². The van der Waals surface area contributed by atoms with Crippen molar-refractivity contribution in [2.75, 3.05) is 5.32 Å². The first-order valence-corrected chi connectivity index (χ1v) is 8.64. The monoisotopic (exact) mass is 330 g/mol. The van der Waals surface area contributed by atoms with E-state index >= 15 is 0 Å². The molecule has 0 aromatic carbocycles. The quantitative estimate of drug-likeness (QED) is 0.791. The normalized spacial score (nSPS) is 13.4. The first-order valence-electron chi connectivity index (χ1n) is 7.82. The van der Waals surface area contributed by atoms with Gasteiger partial charge in [-0.2, -0.15) is 4.52 Å². The first kappa shape index (κ1) is 15.9. The number of hydrogen-bond acceptors (Lipinski definition) is 6. The lowest BCUT2D eigenvalue weighted by Gasteiger charge is -2.16. The van der Waals surface area contributed by atoms with E-state index in [0.29, 0.717) is 0 Å². The summed E-state index contributed by atoms with van der Waals surface area (Å²) in [6, 6.07) is 3.98. The van der Waals surface area contributed by atoms with Crippen LogP contribution in [0.5, 0.6) is 0 Å². The van der Waals surface area contributed by atoms with Crippen molar-refractivity contribution in [1.29, 1.82) is 0 Å². The van der Waals surface area contributed by atoms with Crippen LogP contribution in [0.15, 0.2) is 18.3 Å². The average Bonchev–Trinajstić information content (AvgIpc) is 3.12. The molecule has 0 radical (unpaired) electrons. The Morgan fingerprint density at radius 3 is 2.70 bits per heavy atom. The summed E-state index contributed by atoms with van der Waals surface area (Å²) in [5, 5.41) is 17.6. The molecule has 3 aromatic rings. The van der Waals surface area contributed by atoms with Crippen molar-refractivity contribution < 1.29 is 0 Å². The van der Waals surface area contributed by atoms with Gasteiger partial charge in [-0.3, -0.25) is 0 Å². The van der Waals surface area contributed by atoms with Gasteiger partial charge in [0.15, 0.2) is 11.5 Å². The van der Waals surface area contributed by atoms with Crippen LogP contribution in [0.4, 0.5) is 5.82 Å². The van der Waals surface area contributed by atoms with Gasteiger partial charge in [-0.15, -0.1) is 26.6 Å². The van der Waals surface area contributed by atoms with Crippen molar-refractivity contribution in [1.82, 2.24) is 24.8 Å². The van der Waals surface area contributed by atoms with Gasteiger partial charge in [-0.25, -0.2) is 4.98 Å². The molecule has 0 fully saturated rings. The summed E-state index contributed by atoms with van der Waals surface area (Å²) in [7, 11) is 0. The third kappa shape index (κ3) is 3.19. The summed E-state index contributed by atoms with van der Waals surface area (Å²) < 4.78 is 1.81. The first-order chi connectivity index (χ1) is 10.9. The van der Waals surface area contributed by atoms with Gasteiger partial charge in [-0.05, 0) is 25.5 Å². The second-order valence-electron chi connectivity index (χ2n) is 6.65. The van der Waals surface area contributed by atoms with E-state index in [2.05, 4.69) is 60.2 Å². The van der Waals surface area contributed by atoms with Gasteiger partial charge in [0.25, 0.3) is 0 Å². The van der Waals surface area contributed by atoms with Gasteiger partial charge in [0, 0.05) is 16.5 Å². The van der Waals surface area contributed by atoms with E-state index in [1.54, 1.807) is 11.3 Å². The SMILES string of the molecule is CCc1cnc(C(C)Nc2ccc3nnc(C(C)(C)C)n3n2)s1. The third-order valence-corrected chi connectivity index (χ3v) is 4.91. The minimum atomic E-state index is -0.109. The van der Waals surface area contributed by atoms with Gasteiger partial charge in [0.2, 0.25) is 0 Å². The molecular weight excluding hydrogens is 308 g/mol. The molecule has 0 saturated heterocycles. The molecule has 1 unspecified atom stereocenters. The van der Waals surface area contributed by atoms with E-state index in [-0.39, 0.29) is 11.5 Å². The molecule has 3 heterocycles. The lowest BCUT2D eigenvalue weighted by Crippen LogP contribution is -2.18. The number of nitrogens with zero attached hydrogens (tertiary/aromatic N) is 5. The summed E-state index contributed by atoms with van der Waals surface area (Å²) in [6.07, 6.45) is 2.97. The van der Waals surface area contributed by atoms with E-state index in [0.717, 1.165) is 28.7 Å². The minimum Gasteiger partial charge on any atom is -0.360 e. The lowest BCUT2D eigenvalue weighted by atomic mass is 9.96. The van der Waals surface area contributed by atoms with E-state index in [1.165, 1.54) is 4.88 Å². The smallest absolute Gasteiger partial charge is 0.178 e. The molecule has 0 aliphatic rings. The van der Waals surface area contributed by atoms with Crippen molar-refractivity contribution in [3.05, 3.63) is 34.0 Å². The van der Waals surface area contributed by atoms with Gasteiger partial charge in [-0.1, -0.05) is 27.7 Å². The van der Waals surface area contributed by atoms with Gasteiger partial charge >= 0.3 is 0 Å². The molecule has 0 spiro atoms. The van der Waals surface area contributed by atoms with Crippen LogP contribution in [0, 0.1) is 0 Å². The summed E-state index contributed by atoms with van der Waals surface area (Å²) in [5.74, 6) is 1.65. The topological polar surface area (TPSA) is 68.0 Å². The second kappa shape index (κ2) is 5.88. The van der Waals surface area contributed by atoms with Crippen molar-refractivity contribution in [3.63, 3.8) is 0 Å². The summed E-state index contributed by atoms with van der Waals surface area (Å²) in [5.41, 5.74) is 0.651. The van der Waals surface area contributed by atoms with E-state index < -0.39 is 0 Å². The molecule has 7 heteroatoms. The zero-order chi connectivity index (χ0) is 16.6. The Morgan fingerprint density at radius 1 is 1.26 bits per heavy atom. The zero-order valence-electron chi connectivity index (χ0n) is 14.2. The molecule has 0 saturated carbocycles. The van der Waals surface area contributed by atoms with Crippen LogP contribution in [0.25, 0.3) is 5.65 Å². The molecule has 3 aromatic heterocycles. The molecule has 6 nitrogen and oxygen atoms in total. The van der Waals surface area contributed by atoms with Crippen LogP contribution in [0.1, 0.15) is 56.4 Å². The number of hydrogen-bond donors (Lipinski definition) is 1. The van der Waals surface area contributed by atoms with Gasteiger partial charge in [0.1, 0.15) is 10.8 Å². The second-order valence-corrected chi connectivity index (χ2v) is 7.79. The number of aryl methyl sites for hydroxylation is 1. The minimum absolute atomic E-state index is 0.109. The number of fused-ring (bicyclic) bond motifs is 1. The Kier molecular flexibility index (Phi) is 4.06. The Bertz CT molecular complexity index is 813. The summed E-state index contributed by atoms with van der Waals surface area (Å²) in [4.78, 5) is 5.79. The van der Waals surface area contributed by atoms with E-state index in [9.17, 15) is 0 Å². The fourth-order valence-electron chi connectivity index (χ4n) is 2.30. The Hall–Kier alpha value is -2.02. The van der Waals surface area contributed by atoms with Crippen LogP contribution in [-0.4, -0.2) is 24.8 Å². The Balaban J connectivity index is 1.88. The highest BCUT2D eigenvalue weighted by Gasteiger charge is 2.22. The molecule has 0 aliphatic heterocycles.